The minimum Gasteiger partial charge on any atom is -0.329 e. The molecule has 0 N–H and O–H groups in total. The van der Waals surface area contributed by atoms with Crippen molar-refractivity contribution in [2.45, 2.75) is 38.3 Å². The Morgan fingerprint density at radius 2 is 2.10 bits per heavy atom. The molecule has 2 amide bonds. The molecule has 2 saturated heterocycles. The van der Waals surface area contributed by atoms with E-state index in [4.69, 9.17) is 11.6 Å². The van der Waals surface area contributed by atoms with Gasteiger partial charge in [0.05, 0.1) is 5.02 Å². The second-order valence-electron chi connectivity index (χ2n) is 5.42. The van der Waals surface area contributed by atoms with Crippen molar-refractivity contribution in [1.29, 1.82) is 0 Å². The van der Waals surface area contributed by atoms with E-state index in [9.17, 15) is 9.59 Å². The van der Waals surface area contributed by atoms with Crippen LogP contribution in [0.15, 0.2) is 22.7 Å². The quantitative estimate of drug-likeness (QED) is 0.801. The molecule has 2 atom stereocenters. The molecule has 0 saturated carbocycles. The van der Waals surface area contributed by atoms with Crippen molar-refractivity contribution in [2.75, 3.05) is 11.4 Å². The van der Waals surface area contributed by atoms with E-state index in [0.29, 0.717) is 18.0 Å². The third-order valence-corrected chi connectivity index (χ3v) is 5.44. The predicted molar refractivity (Wildman–Crippen MR) is 85.5 cm³/mol. The first-order chi connectivity index (χ1) is 10.0. The smallest absolute Gasteiger partial charge is 0.250 e. The number of hydrogen-bond acceptors (Lipinski definition) is 2. The van der Waals surface area contributed by atoms with E-state index < -0.39 is 6.04 Å². The number of hydrogen-bond donors (Lipinski definition) is 0. The van der Waals surface area contributed by atoms with Crippen LogP contribution < -0.4 is 4.90 Å². The van der Waals surface area contributed by atoms with Crippen LogP contribution in [0.5, 0.6) is 0 Å². The molecule has 1 aromatic carbocycles. The van der Waals surface area contributed by atoms with E-state index in [-0.39, 0.29) is 17.9 Å². The van der Waals surface area contributed by atoms with Crippen LogP contribution >= 0.6 is 27.5 Å². The summed E-state index contributed by atoms with van der Waals surface area (Å²) in [6.45, 7) is 2.63. The van der Waals surface area contributed by atoms with Crippen molar-refractivity contribution in [3.8, 4) is 0 Å². The second kappa shape index (κ2) is 5.61. The lowest BCUT2D eigenvalue weighted by atomic mass is 10.0. The highest BCUT2D eigenvalue weighted by molar-refractivity contribution is 9.10. The Kier molecular flexibility index (Phi) is 3.97. The summed E-state index contributed by atoms with van der Waals surface area (Å²) in [7, 11) is 0. The zero-order valence-corrected chi connectivity index (χ0v) is 14.0. The minimum atomic E-state index is -0.417. The van der Waals surface area contributed by atoms with Gasteiger partial charge in [0.15, 0.2) is 0 Å². The maximum absolute atomic E-state index is 12.8. The van der Waals surface area contributed by atoms with Crippen LogP contribution in [0.25, 0.3) is 0 Å². The summed E-state index contributed by atoms with van der Waals surface area (Å²) >= 11 is 9.40. The van der Waals surface area contributed by atoms with Gasteiger partial charge in [-0.25, -0.2) is 0 Å². The van der Waals surface area contributed by atoms with E-state index in [0.717, 1.165) is 23.0 Å². The molecule has 0 aromatic heterocycles. The van der Waals surface area contributed by atoms with Crippen molar-refractivity contribution in [3.05, 3.63) is 27.7 Å². The Morgan fingerprint density at radius 1 is 1.33 bits per heavy atom. The standard InChI is InChI=1S/C15H16BrClN2O2/c1-2-12-14(20)18-7-3-4-13(18)15(21)19(12)9-5-6-11(17)10(16)8-9/h5-6,8,12-13H,2-4,7H2,1H3. The number of amides is 2. The van der Waals surface area contributed by atoms with Crippen LogP contribution in [-0.2, 0) is 9.59 Å². The number of fused-ring (bicyclic) bond motifs is 1. The van der Waals surface area contributed by atoms with Crippen molar-refractivity contribution in [1.82, 2.24) is 4.90 Å². The van der Waals surface area contributed by atoms with Gasteiger partial charge >= 0.3 is 0 Å². The molecule has 2 unspecified atom stereocenters. The predicted octanol–water partition coefficient (Wildman–Crippen LogP) is 3.22. The van der Waals surface area contributed by atoms with Gasteiger partial charge in [-0.15, -0.1) is 0 Å². The Bertz CT molecular complexity index is 607. The average Bonchev–Trinajstić information content (AvgIpc) is 2.95. The summed E-state index contributed by atoms with van der Waals surface area (Å²) in [4.78, 5) is 28.8. The molecule has 0 radical (unpaired) electrons. The Balaban J connectivity index is 2.03. The molecule has 2 fully saturated rings. The zero-order chi connectivity index (χ0) is 15.1. The van der Waals surface area contributed by atoms with Gasteiger partial charge in [0, 0.05) is 16.7 Å². The number of anilines is 1. The van der Waals surface area contributed by atoms with Gasteiger partial charge in [0.2, 0.25) is 5.91 Å². The van der Waals surface area contributed by atoms with Crippen LogP contribution in [-0.4, -0.2) is 35.3 Å². The maximum atomic E-state index is 12.8. The number of carbonyl (C=O) groups is 2. The van der Waals surface area contributed by atoms with Crippen molar-refractivity contribution < 1.29 is 9.59 Å². The minimum absolute atomic E-state index is 0.0215. The molecule has 0 bridgehead atoms. The lowest BCUT2D eigenvalue weighted by molar-refractivity contribution is -0.144. The molecule has 2 aliphatic heterocycles. The monoisotopic (exact) mass is 370 g/mol. The van der Waals surface area contributed by atoms with E-state index in [1.165, 1.54) is 0 Å². The molecule has 0 aliphatic carbocycles. The molecule has 1 aromatic rings. The lowest BCUT2D eigenvalue weighted by Crippen LogP contribution is -2.63. The Labute approximate surface area is 137 Å². The first-order valence-electron chi connectivity index (χ1n) is 7.13. The summed E-state index contributed by atoms with van der Waals surface area (Å²) in [5.41, 5.74) is 0.725. The molecule has 2 aliphatic rings. The summed E-state index contributed by atoms with van der Waals surface area (Å²) in [6, 6.07) is 4.63. The fraction of sp³-hybridized carbons (Fsp3) is 0.467. The van der Waals surface area contributed by atoms with Crippen LogP contribution in [0.3, 0.4) is 0 Å². The molecule has 4 nitrogen and oxygen atoms in total. The first-order valence-corrected chi connectivity index (χ1v) is 8.30. The molecule has 0 spiro atoms. The highest BCUT2D eigenvalue weighted by atomic mass is 79.9. The zero-order valence-electron chi connectivity index (χ0n) is 11.7. The van der Waals surface area contributed by atoms with E-state index >= 15 is 0 Å². The first kappa shape index (κ1) is 14.9. The van der Waals surface area contributed by atoms with E-state index in [1.807, 2.05) is 6.92 Å². The van der Waals surface area contributed by atoms with Gasteiger partial charge < -0.3 is 4.90 Å². The van der Waals surface area contributed by atoms with Crippen molar-refractivity contribution in [2.24, 2.45) is 0 Å². The van der Waals surface area contributed by atoms with Gasteiger partial charge in [0.1, 0.15) is 12.1 Å². The summed E-state index contributed by atoms with van der Waals surface area (Å²) in [5.74, 6) is 0.0823. The third-order valence-electron chi connectivity index (χ3n) is 4.22. The average molecular weight is 372 g/mol. The number of piperazine rings is 1. The highest BCUT2D eigenvalue weighted by Gasteiger charge is 2.47. The number of nitrogens with zero attached hydrogens (tertiary/aromatic N) is 2. The number of benzene rings is 1. The lowest BCUT2D eigenvalue weighted by Gasteiger charge is -2.42. The van der Waals surface area contributed by atoms with E-state index in [2.05, 4.69) is 15.9 Å². The fourth-order valence-electron chi connectivity index (χ4n) is 3.20. The number of halogens is 2. The molecule has 2 heterocycles. The van der Waals surface area contributed by atoms with Crippen LogP contribution in [0.2, 0.25) is 5.02 Å². The van der Waals surface area contributed by atoms with E-state index in [1.54, 1.807) is 28.0 Å². The van der Waals surface area contributed by atoms with Crippen molar-refractivity contribution >= 4 is 45.0 Å². The van der Waals surface area contributed by atoms with Crippen LogP contribution in [0.1, 0.15) is 26.2 Å². The topological polar surface area (TPSA) is 40.6 Å². The second-order valence-corrected chi connectivity index (χ2v) is 6.68. The van der Waals surface area contributed by atoms with Gasteiger partial charge in [0.25, 0.3) is 5.91 Å². The molecule has 112 valence electrons. The molecule has 6 heteroatoms. The maximum Gasteiger partial charge on any atom is 0.250 e. The Hall–Kier alpha value is -1.07. The largest absolute Gasteiger partial charge is 0.329 e. The molecular formula is C15H16BrClN2O2. The Morgan fingerprint density at radius 3 is 2.76 bits per heavy atom. The third kappa shape index (κ3) is 2.36. The molecule has 3 rings (SSSR count). The van der Waals surface area contributed by atoms with Gasteiger partial charge in [-0.05, 0) is 53.4 Å². The van der Waals surface area contributed by atoms with Gasteiger partial charge in [-0.3, -0.25) is 14.5 Å². The molecular weight excluding hydrogens is 356 g/mol. The molecule has 21 heavy (non-hydrogen) atoms. The highest BCUT2D eigenvalue weighted by Crippen LogP contribution is 2.34. The SMILES string of the molecule is CCC1C(=O)N2CCCC2C(=O)N1c1ccc(Cl)c(Br)c1. The van der Waals surface area contributed by atoms with Crippen LogP contribution in [0.4, 0.5) is 5.69 Å². The van der Waals surface area contributed by atoms with Crippen molar-refractivity contribution in [3.63, 3.8) is 0 Å². The normalized spacial score (nSPS) is 25.5. The van der Waals surface area contributed by atoms with Gasteiger partial charge in [-0.1, -0.05) is 18.5 Å². The number of carbonyl (C=O) groups excluding carboxylic acids is 2. The van der Waals surface area contributed by atoms with Crippen LogP contribution in [0, 0.1) is 0 Å². The van der Waals surface area contributed by atoms with Gasteiger partial charge in [-0.2, -0.15) is 0 Å². The summed E-state index contributed by atoms with van der Waals surface area (Å²) in [5, 5.41) is 0.588. The number of rotatable bonds is 2. The summed E-state index contributed by atoms with van der Waals surface area (Å²) < 4.78 is 0.727. The fourth-order valence-corrected chi connectivity index (χ4v) is 3.69. The summed E-state index contributed by atoms with van der Waals surface area (Å²) in [6.07, 6.45) is 2.26.